The van der Waals surface area contributed by atoms with Crippen molar-refractivity contribution in [1.82, 2.24) is 19.7 Å². The maximum Gasteiger partial charge on any atom is 0.262 e. The Kier molecular flexibility index (Phi) is 6.75. The van der Waals surface area contributed by atoms with E-state index in [0.29, 0.717) is 51.6 Å². The van der Waals surface area contributed by atoms with Gasteiger partial charge in [-0.2, -0.15) is 4.98 Å². The second kappa shape index (κ2) is 9.86. The minimum Gasteiger partial charge on any atom is -0.493 e. The molecular weight excluding hydrogens is 428 g/mol. The van der Waals surface area contributed by atoms with Crippen LogP contribution in [0.2, 0.25) is 0 Å². The monoisotopic (exact) mass is 452 g/mol. The van der Waals surface area contributed by atoms with Crippen LogP contribution in [0.4, 0.5) is 0 Å². The molecule has 2 heterocycles. The van der Waals surface area contributed by atoms with Crippen LogP contribution in [0, 0.1) is 0 Å². The maximum absolute atomic E-state index is 13.0. The third-order valence-electron chi connectivity index (χ3n) is 5.00. The Morgan fingerprint density at radius 1 is 1.06 bits per heavy atom. The summed E-state index contributed by atoms with van der Waals surface area (Å²) < 4.78 is 17.8. The molecule has 0 aliphatic carbocycles. The van der Waals surface area contributed by atoms with Crippen LogP contribution in [0.25, 0.3) is 22.3 Å². The zero-order valence-electron chi connectivity index (χ0n) is 18.2. The van der Waals surface area contributed by atoms with Gasteiger partial charge in [-0.1, -0.05) is 42.4 Å². The molecule has 8 nitrogen and oxygen atoms in total. The fraction of sp³-hybridized carbons (Fsp3) is 0.304. The summed E-state index contributed by atoms with van der Waals surface area (Å²) in [7, 11) is 3.16. The van der Waals surface area contributed by atoms with Crippen molar-refractivity contribution in [2.45, 2.75) is 37.2 Å². The lowest BCUT2D eigenvalue weighted by molar-refractivity contribution is 0.355. The molecule has 0 amide bonds. The molecule has 0 atom stereocenters. The van der Waals surface area contributed by atoms with Gasteiger partial charge in [-0.15, -0.1) is 0 Å². The fourth-order valence-electron chi connectivity index (χ4n) is 3.30. The Balaban J connectivity index is 1.58. The van der Waals surface area contributed by atoms with Gasteiger partial charge in [-0.25, -0.2) is 4.98 Å². The van der Waals surface area contributed by atoms with Crippen LogP contribution in [0.15, 0.2) is 56.9 Å². The van der Waals surface area contributed by atoms with Crippen LogP contribution < -0.4 is 15.0 Å². The van der Waals surface area contributed by atoms with Crippen LogP contribution in [0.1, 0.15) is 25.7 Å². The van der Waals surface area contributed by atoms with Crippen molar-refractivity contribution >= 4 is 22.7 Å². The van der Waals surface area contributed by atoms with E-state index in [1.807, 2.05) is 30.3 Å². The summed E-state index contributed by atoms with van der Waals surface area (Å²) in [5.41, 5.74) is 1.42. The molecule has 0 unspecified atom stereocenters. The SMILES string of the molecule is CCCCn1c(SCc2nc(-c3ccc(OC)c(OC)c3)no2)nc2ccccc2c1=O. The largest absolute Gasteiger partial charge is 0.493 e. The quantitative estimate of drug-likeness (QED) is 0.270. The second-order valence-electron chi connectivity index (χ2n) is 7.09. The van der Waals surface area contributed by atoms with E-state index >= 15 is 0 Å². The number of unbranched alkanes of at least 4 members (excludes halogenated alkanes) is 1. The standard InChI is InChI=1S/C23H24N4O4S/c1-4-5-12-27-22(28)16-8-6-7-9-17(16)24-23(27)32-14-20-25-21(26-31-20)15-10-11-18(29-2)19(13-15)30-3/h6-11,13H,4-5,12,14H2,1-3H3. The number of fused-ring (bicyclic) bond motifs is 1. The molecule has 0 saturated carbocycles. The Labute approximate surface area is 189 Å². The van der Waals surface area contributed by atoms with E-state index in [2.05, 4.69) is 17.1 Å². The summed E-state index contributed by atoms with van der Waals surface area (Å²) in [5.74, 6) is 2.52. The van der Waals surface area contributed by atoms with Crippen LogP contribution >= 0.6 is 11.8 Å². The summed E-state index contributed by atoms with van der Waals surface area (Å²) in [4.78, 5) is 22.2. The third-order valence-corrected chi connectivity index (χ3v) is 5.96. The van der Waals surface area contributed by atoms with E-state index in [9.17, 15) is 4.79 Å². The second-order valence-corrected chi connectivity index (χ2v) is 8.03. The Bertz CT molecular complexity index is 1280. The van der Waals surface area contributed by atoms with E-state index in [1.54, 1.807) is 30.9 Å². The number of hydrogen-bond acceptors (Lipinski definition) is 8. The smallest absolute Gasteiger partial charge is 0.262 e. The first-order valence-corrected chi connectivity index (χ1v) is 11.3. The van der Waals surface area contributed by atoms with Gasteiger partial charge in [-0.05, 0) is 36.8 Å². The maximum atomic E-state index is 13.0. The molecule has 2 aromatic heterocycles. The number of nitrogens with zero attached hydrogens (tertiary/aromatic N) is 4. The zero-order valence-corrected chi connectivity index (χ0v) is 19.0. The molecule has 4 aromatic rings. The van der Waals surface area contributed by atoms with Gasteiger partial charge in [0.2, 0.25) is 11.7 Å². The first-order valence-electron chi connectivity index (χ1n) is 10.3. The van der Waals surface area contributed by atoms with Crippen molar-refractivity contribution < 1.29 is 14.0 Å². The minimum atomic E-state index is -0.0249. The highest BCUT2D eigenvalue weighted by Crippen LogP contribution is 2.31. The highest BCUT2D eigenvalue weighted by atomic mass is 32.2. The summed E-state index contributed by atoms with van der Waals surface area (Å²) in [6, 6.07) is 12.8. The number of para-hydroxylation sites is 1. The lowest BCUT2D eigenvalue weighted by Crippen LogP contribution is -2.23. The highest BCUT2D eigenvalue weighted by Gasteiger charge is 2.15. The molecule has 2 aromatic carbocycles. The zero-order chi connectivity index (χ0) is 22.5. The summed E-state index contributed by atoms with van der Waals surface area (Å²) >= 11 is 1.41. The Hall–Kier alpha value is -3.33. The minimum absolute atomic E-state index is 0.0249. The number of benzene rings is 2. The van der Waals surface area contributed by atoms with Crippen molar-refractivity contribution in [2.75, 3.05) is 14.2 Å². The van der Waals surface area contributed by atoms with Crippen molar-refractivity contribution in [2.24, 2.45) is 0 Å². The van der Waals surface area contributed by atoms with Gasteiger partial charge >= 0.3 is 0 Å². The highest BCUT2D eigenvalue weighted by molar-refractivity contribution is 7.98. The van der Waals surface area contributed by atoms with Crippen LogP contribution in [-0.4, -0.2) is 33.9 Å². The van der Waals surface area contributed by atoms with Crippen LogP contribution in [0.5, 0.6) is 11.5 Å². The fourth-order valence-corrected chi connectivity index (χ4v) is 4.17. The van der Waals surface area contributed by atoms with Crippen molar-refractivity contribution in [3.8, 4) is 22.9 Å². The number of rotatable bonds is 9. The van der Waals surface area contributed by atoms with Gasteiger partial charge in [0.05, 0.1) is 30.9 Å². The molecule has 32 heavy (non-hydrogen) atoms. The summed E-state index contributed by atoms with van der Waals surface area (Å²) in [6.07, 6.45) is 1.89. The normalized spacial score (nSPS) is 11.1. The summed E-state index contributed by atoms with van der Waals surface area (Å²) in [6.45, 7) is 2.72. The lowest BCUT2D eigenvalue weighted by atomic mass is 10.2. The van der Waals surface area contributed by atoms with E-state index in [0.717, 1.165) is 18.4 Å². The van der Waals surface area contributed by atoms with E-state index < -0.39 is 0 Å². The molecule has 0 radical (unpaired) electrons. The molecule has 166 valence electrons. The van der Waals surface area contributed by atoms with E-state index in [1.165, 1.54) is 11.8 Å². The number of methoxy groups -OCH3 is 2. The average molecular weight is 453 g/mol. The molecule has 0 bridgehead atoms. The van der Waals surface area contributed by atoms with Gasteiger partial charge in [-0.3, -0.25) is 9.36 Å². The predicted octanol–water partition coefficient (Wildman–Crippen LogP) is 4.56. The number of thioether (sulfide) groups is 1. The van der Waals surface area contributed by atoms with E-state index in [-0.39, 0.29) is 5.56 Å². The molecule has 0 spiro atoms. The van der Waals surface area contributed by atoms with Crippen molar-refractivity contribution in [1.29, 1.82) is 0 Å². The van der Waals surface area contributed by atoms with Gasteiger partial charge in [0.25, 0.3) is 5.56 Å². The molecule has 0 aliphatic heterocycles. The van der Waals surface area contributed by atoms with Gasteiger partial charge < -0.3 is 14.0 Å². The van der Waals surface area contributed by atoms with Crippen LogP contribution in [-0.2, 0) is 12.3 Å². The summed E-state index contributed by atoms with van der Waals surface area (Å²) in [5, 5.41) is 5.36. The number of aromatic nitrogens is 4. The first-order chi connectivity index (χ1) is 15.6. The van der Waals surface area contributed by atoms with Gasteiger partial charge in [0.15, 0.2) is 16.7 Å². The Morgan fingerprint density at radius 2 is 1.88 bits per heavy atom. The first kappa shape index (κ1) is 21.9. The molecular formula is C23H24N4O4S. The molecule has 0 fully saturated rings. The molecule has 0 saturated heterocycles. The topological polar surface area (TPSA) is 92.3 Å². The van der Waals surface area contributed by atoms with Crippen LogP contribution in [0.3, 0.4) is 0 Å². The predicted molar refractivity (Wildman–Crippen MR) is 123 cm³/mol. The average Bonchev–Trinajstić information content (AvgIpc) is 3.31. The molecule has 0 N–H and O–H groups in total. The number of hydrogen-bond donors (Lipinski definition) is 0. The van der Waals surface area contributed by atoms with Crippen molar-refractivity contribution in [3.05, 3.63) is 58.7 Å². The molecule has 4 rings (SSSR count). The third kappa shape index (κ3) is 4.47. The van der Waals surface area contributed by atoms with E-state index in [4.69, 9.17) is 19.0 Å². The van der Waals surface area contributed by atoms with Gasteiger partial charge in [0.1, 0.15) is 0 Å². The number of ether oxygens (including phenoxy) is 2. The van der Waals surface area contributed by atoms with Gasteiger partial charge in [0, 0.05) is 12.1 Å². The van der Waals surface area contributed by atoms with Crippen molar-refractivity contribution in [3.63, 3.8) is 0 Å². The molecule has 9 heteroatoms. The lowest BCUT2D eigenvalue weighted by Gasteiger charge is -2.12. The molecule has 0 aliphatic rings. The Morgan fingerprint density at radius 3 is 2.66 bits per heavy atom.